The van der Waals surface area contributed by atoms with E-state index >= 15 is 0 Å². The Morgan fingerprint density at radius 3 is 2.48 bits per heavy atom. The van der Waals surface area contributed by atoms with E-state index in [9.17, 15) is 9.18 Å². The number of amides is 1. The van der Waals surface area contributed by atoms with Crippen molar-refractivity contribution in [2.45, 2.75) is 38.4 Å². The van der Waals surface area contributed by atoms with Crippen LogP contribution in [0.3, 0.4) is 0 Å². The Morgan fingerprint density at radius 2 is 1.88 bits per heavy atom. The standard InChI is InChI=1S/C25H25FN5OS.C5H9N2O.Y/c1-28-18-7-10-31(11-8-18)15-16-2-4-20(30-14-16)24-13-21-25(33-24)23(6-9-29-21)32-22-5-3-17(27)12-19(22)26;1-4(8)7-2-5(6)3-7;/h2-6,9,12-14,18,27-28H,7-8,10-11,15H2,1H3;5-6H,2-3H2,1H3;/q2*-1;. The predicted molar refractivity (Wildman–Crippen MR) is 161 cm³/mol. The van der Waals surface area contributed by atoms with Crippen LogP contribution < -0.4 is 10.1 Å². The van der Waals surface area contributed by atoms with Gasteiger partial charge >= 0.3 is 0 Å². The van der Waals surface area contributed by atoms with Crippen LogP contribution in [-0.2, 0) is 44.0 Å². The summed E-state index contributed by atoms with van der Waals surface area (Å²) >= 11 is 1.52. The number of piperidine rings is 1. The number of benzene rings is 1. The van der Waals surface area contributed by atoms with Gasteiger partial charge in [0.15, 0.2) is 11.6 Å². The molecule has 3 aromatic heterocycles. The molecule has 4 aromatic rings. The summed E-state index contributed by atoms with van der Waals surface area (Å²) in [6, 6.07) is 12.6. The molecule has 6 rings (SSSR count). The molecule has 42 heavy (non-hydrogen) atoms. The minimum atomic E-state index is -0.559. The van der Waals surface area contributed by atoms with Gasteiger partial charge in [0, 0.05) is 83.8 Å². The second-order valence-electron chi connectivity index (χ2n) is 10.4. The Balaban J connectivity index is 0.000000391. The second kappa shape index (κ2) is 14.8. The van der Waals surface area contributed by atoms with Gasteiger partial charge in [-0.15, -0.1) is 23.1 Å². The molecule has 2 fully saturated rings. The number of hydrogen-bond donors (Lipinski definition) is 1. The monoisotopic (exact) mass is 664 g/mol. The Morgan fingerprint density at radius 1 is 1.12 bits per heavy atom. The van der Waals surface area contributed by atoms with E-state index in [1.54, 1.807) is 17.2 Å². The SMILES string of the molecule is CC(=O)N1CC([NH-])C1.CNC1CCN(Cc2ccc(-c3cc4nccc(Oc5ccc([NH-])cc5F)c4s3)nc2)CC1.[Y]. The molecule has 1 amide bonds. The fourth-order valence-electron chi connectivity index (χ4n) is 4.86. The maximum atomic E-state index is 14.2. The van der Waals surface area contributed by atoms with Crippen LogP contribution in [0.15, 0.2) is 54.9 Å². The Labute approximate surface area is 274 Å². The topological polar surface area (TPSA) is 118 Å². The number of nitrogens with one attached hydrogen (secondary N) is 3. The minimum absolute atomic E-state index is 0. The van der Waals surface area contributed by atoms with Gasteiger partial charge in [-0.05, 0) is 62.8 Å². The van der Waals surface area contributed by atoms with E-state index < -0.39 is 5.82 Å². The summed E-state index contributed by atoms with van der Waals surface area (Å²) in [5, 5.41) is 3.37. The van der Waals surface area contributed by atoms with Crippen LogP contribution in [0.5, 0.6) is 11.5 Å². The molecule has 2 aliphatic heterocycles. The summed E-state index contributed by atoms with van der Waals surface area (Å²) < 4.78 is 20.8. The fraction of sp³-hybridized carbons (Fsp3) is 0.367. The van der Waals surface area contributed by atoms with Crippen LogP contribution in [0, 0.1) is 5.82 Å². The number of pyridine rings is 2. The number of rotatable bonds is 6. The van der Waals surface area contributed by atoms with Gasteiger partial charge in [-0.2, -0.15) is 0 Å². The van der Waals surface area contributed by atoms with Gasteiger partial charge in [0.1, 0.15) is 5.75 Å². The number of aromatic nitrogens is 2. The summed E-state index contributed by atoms with van der Waals surface area (Å²) in [5.41, 5.74) is 17.5. The van der Waals surface area contributed by atoms with Crippen LogP contribution in [0.25, 0.3) is 32.3 Å². The van der Waals surface area contributed by atoms with Crippen molar-refractivity contribution < 1.29 is 46.6 Å². The molecule has 1 radical (unpaired) electrons. The summed E-state index contributed by atoms with van der Waals surface area (Å²) in [6.45, 7) is 5.92. The third kappa shape index (κ3) is 8.09. The van der Waals surface area contributed by atoms with Gasteiger partial charge < -0.3 is 26.4 Å². The van der Waals surface area contributed by atoms with Gasteiger partial charge in [-0.25, -0.2) is 4.39 Å². The number of fused-ring (bicyclic) bond motifs is 1. The molecule has 5 heterocycles. The molecule has 1 aromatic carbocycles. The van der Waals surface area contributed by atoms with Crippen LogP contribution in [-0.4, -0.2) is 71.0 Å². The molecule has 12 heteroatoms. The van der Waals surface area contributed by atoms with Gasteiger partial charge in [-0.1, -0.05) is 12.1 Å². The molecule has 0 aliphatic carbocycles. The molecule has 0 unspecified atom stereocenters. The average molecular weight is 665 g/mol. The number of thiophene rings is 1. The largest absolute Gasteiger partial charge is 0.699 e. The first-order valence-electron chi connectivity index (χ1n) is 13.7. The number of ether oxygens (including phenoxy) is 1. The Hall–Kier alpha value is -2.54. The molecule has 3 N–H and O–H groups in total. The van der Waals surface area contributed by atoms with Gasteiger partial charge in [0.25, 0.3) is 0 Å². The zero-order valence-electron chi connectivity index (χ0n) is 23.8. The number of likely N-dealkylation sites (tertiary alicyclic amines) is 2. The van der Waals surface area contributed by atoms with Crippen molar-refractivity contribution in [2.75, 3.05) is 33.2 Å². The number of nitrogens with zero attached hydrogens (tertiary/aromatic N) is 4. The van der Waals surface area contributed by atoms with Gasteiger partial charge in [0.2, 0.25) is 5.91 Å². The van der Waals surface area contributed by atoms with E-state index in [4.69, 9.17) is 21.2 Å². The maximum Gasteiger partial charge on any atom is 0.219 e. The third-order valence-corrected chi connectivity index (χ3v) is 8.50. The molecule has 0 saturated carbocycles. The summed E-state index contributed by atoms with van der Waals surface area (Å²) in [7, 11) is 2.04. The number of carbonyl (C=O) groups is 1. The molecule has 2 aliphatic rings. The molecular formula is C30H34FN7O2SY-2. The smallest absolute Gasteiger partial charge is 0.219 e. The van der Waals surface area contributed by atoms with E-state index in [1.807, 2.05) is 25.4 Å². The van der Waals surface area contributed by atoms with E-state index in [0.717, 1.165) is 46.5 Å². The molecule has 9 nitrogen and oxygen atoms in total. The van der Waals surface area contributed by atoms with Crippen LogP contribution in [0.1, 0.15) is 25.3 Å². The van der Waals surface area contributed by atoms with E-state index in [-0.39, 0.29) is 56.1 Å². The Kier molecular flexibility index (Phi) is 11.4. The van der Waals surface area contributed by atoms with Crippen LogP contribution >= 0.6 is 11.3 Å². The normalized spacial score (nSPS) is 15.9. The zero-order valence-corrected chi connectivity index (χ0v) is 27.4. The van der Waals surface area contributed by atoms with Gasteiger partial charge in [-0.3, -0.25) is 19.7 Å². The quantitative estimate of drug-likeness (QED) is 0.254. The van der Waals surface area contributed by atoms with Crippen molar-refractivity contribution in [1.82, 2.24) is 25.1 Å². The predicted octanol–water partition coefficient (Wildman–Crippen LogP) is 6.42. The van der Waals surface area contributed by atoms with E-state index in [0.29, 0.717) is 24.9 Å². The van der Waals surface area contributed by atoms with Crippen molar-refractivity contribution in [3.63, 3.8) is 0 Å². The molecule has 0 spiro atoms. The minimum Gasteiger partial charge on any atom is -0.699 e. The molecule has 219 valence electrons. The number of halogens is 1. The van der Waals surface area contributed by atoms with E-state index in [1.165, 1.54) is 48.8 Å². The summed E-state index contributed by atoms with van der Waals surface area (Å²) in [5.74, 6) is 0.161. The van der Waals surface area contributed by atoms with Crippen LogP contribution in [0.4, 0.5) is 10.1 Å². The Bertz CT molecular complexity index is 1490. The molecular weight excluding hydrogens is 630 g/mol. The van der Waals surface area contributed by atoms with Crippen molar-refractivity contribution >= 4 is 33.1 Å². The van der Waals surface area contributed by atoms with Crippen molar-refractivity contribution in [1.29, 1.82) is 0 Å². The summed E-state index contributed by atoms with van der Waals surface area (Å²) in [4.78, 5) is 24.7. The zero-order chi connectivity index (χ0) is 28.9. The first-order chi connectivity index (χ1) is 19.8. The summed E-state index contributed by atoms with van der Waals surface area (Å²) in [6.07, 6.45) is 5.96. The molecule has 0 bridgehead atoms. The number of carbonyl (C=O) groups excluding carboxylic acids is 1. The maximum absolute atomic E-state index is 14.2. The van der Waals surface area contributed by atoms with Gasteiger partial charge in [0.05, 0.1) is 20.8 Å². The van der Waals surface area contributed by atoms with Crippen LogP contribution in [0.2, 0.25) is 0 Å². The van der Waals surface area contributed by atoms with Crippen molar-refractivity contribution in [3.05, 3.63) is 77.7 Å². The average Bonchev–Trinajstić information content (AvgIpc) is 3.39. The molecule has 2 saturated heterocycles. The van der Waals surface area contributed by atoms with E-state index in [2.05, 4.69) is 21.3 Å². The van der Waals surface area contributed by atoms with Crippen molar-refractivity contribution in [2.24, 2.45) is 0 Å². The first-order valence-corrected chi connectivity index (χ1v) is 14.5. The fourth-order valence-corrected chi connectivity index (χ4v) is 5.90. The second-order valence-corrected chi connectivity index (χ2v) is 11.4. The first kappa shape index (κ1) is 32.4. The molecule has 0 atom stereocenters. The third-order valence-electron chi connectivity index (χ3n) is 7.33. The number of hydrogen-bond acceptors (Lipinski definition) is 7. The van der Waals surface area contributed by atoms with Crippen molar-refractivity contribution in [3.8, 4) is 22.1 Å².